The van der Waals surface area contributed by atoms with Crippen LogP contribution in [0, 0.1) is 23.5 Å². The molecule has 0 spiro atoms. The van der Waals surface area contributed by atoms with Crippen molar-refractivity contribution >= 4 is 5.57 Å². The van der Waals surface area contributed by atoms with Crippen LogP contribution in [-0.2, 0) is 9.47 Å². The molecule has 0 radical (unpaired) electrons. The Hall–Kier alpha value is -1.52. The molecule has 27 heavy (non-hydrogen) atoms. The van der Waals surface area contributed by atoms with Crippen molar-refractivity contribution in [2.75, 3.05) is 13.2 Å². The van der Waals surface area contributed by atoms with E-state index in [1.54, 1.807) is 12.1 Å². The van der Waals surface area contributed by atoms with Gasteiger partial charge in [-0.25, -0.2) is 8.78 Å². The topological polar surface area (TPSA) is 21.8 Å². The van der Waals surface area contributed by atoms with E-state index in [1.165, 1.54) is 12.8 Å². The zero-order valence-corrected chi connectivity index (χ0v) is 15.8. The molecule has 2 aliphatic carbocycles. The summed E-state index contributed by atoms with van der Waals surface area (Å²) < 4.78 is 40.0. The molecule has 146 valence electrons. The molecule has 1 aromatic carbocycles. The average molecular weight is 374 g/mol. The minimum absolute atomic E-state index is 0.267. The molecule has 3 aliphatic rings. The third kappa shape index (κ3) is 4.33. The fourth-order valence-electron chi connectivity index (χ4n) is 4.34. The first-order valence-electron chi connectivity index (χ1n) is 10.2. The first-order valence-corrected chi connectivity index (χ1v) is 10.2. The Labute approximate surface area is 160 Å². The lowest BCUT2D eigenvalue weighted by atomic mass is 9.85. The molecule has 0 N–H and O–H groups in total. The van der Waals surface area contributed by atoms with Gasteiger partial charge in [0.1, 0.15) is 6.10 Å². The average Bonchev–Trinajstić information content (AvgIpc) is 3.54. The van der Waals surface area contributed by atoms with Gasteiger partial charge in [0.25, 0.3) is 0 Å². The molecule has 1 saturated heterocycles. The summed E-state index contributed by atoms with van der Waals surface area (Å²) in [5.41, 5.74) is 1.65. The van der Waals surface area contributed by atoms with Crippen LogP contribution in [0.3, 0.4) is 0 Å². The van der Waals surface area contributed by atoms with Gasteiger partial charge < -0.3 is 9.47 Å². The number of allylic oxidation sites excluding steroid dienone is 3. The standard InChI is InChI=1S/C23H28F2O2/c1-2-15-5-9-18(10-6-15)26-13-16-3-7-17(8-4-16)19-11-12-20(21-14-27-21)23(25)22(19)24/h2,7,11-12,15-16,18,21H,1,3-6,8-10,13-14H2. The molecule has 1 saturated carbocycles. The number of hydrogen-bond acceptors (Lipinski definition) is 2. The Balaban J connectivity index is 1.31. The van der Waals surface area contributed by atoms with E-state index < -0.39 is 11.6 Å². The van der Waals surface area contributed by atoms with Gasteiger partial charge in [0.05, 0.1) is 19.3 Å². The largest absolute Gasteiger partial charge is 0.378 e. The van der Waals surface area contributed by atoms with Gasteiger partial charge in [-0.2, -0.15) is 0 Å². The second-order valence-corrected chi connectivity index (χ2v) is 8.13. The number of ether oxygens (including phenoxy) is 2. The number of epoxide rings is 1. The SMILES string of the molecule is C=CC1CCC(OCC2CC=C(c3ccc(C4CO4)c(F)c3F)CC2)CC1. The highest BCUT2D eigenvalue weighted by Gasteiger charge is 2.31. The van der Waals surface area contributed by atoms with E-state index in [1.807, 2.05) is 0 Å². The molecule has 2 atom stereocenters. The van der Waals surface area contributed by atoms with Crippen LogP contribution in [0.4, 0.5) is 8.78 Å². The highest BCUT2D eigenvalue weighted by Crippen LogP contribution is 2.37. The summed E-state index contributed by atoms with van der Waals surface area (Å²) in [7, 11) is 0. The van der Waals surface area contributed by atoms with Gasteiger partial charge in [0.2, 0.25) is 0 Å². The van der Waals surface area contributed by atoms with E-state index >= 15 is 0 Å². The Morgan fingerprint density at radius 3 is 2.52 bits per heavy atom. The molecular weight excluding hydrogens is 346 g/mol. The Bertz CT molecular complexity index is 715. The Morgan fingerprint density at radius 2 is 1.89 bits per heavy atom. The first kappa shape index (κ1) is 18.8. The monoisotopic (exact) mass is 374 g/mol. The van der Waals surface area contributed by atoms with Crippen LogP contribution in [-0.4, -0.2) is 19.3 Å². The molecule has 2 fully saturated rings. The predicted octanol–water partition coefficient (Wildman–Crippen LogP) is 5.98. The summed E-state index contributed by atoms with van der Waals surface area (Å²) in [4.78, 5) is 0. The third-order valence-corrected chi connectivity index (χ3v) is 6.28. The van der Waals surface area contributed by atoms with Gasteiger partial charge in [0, 0.05) is 11.1 Å². The summed E-state index contributed by atoms with van der Waals surface area (Å²) in [5, 5.41) is 0. The molecule has 4 rings (SSSR count). The van der Waals surface area contributed by atoms with Crippen LogP contribution in [0.5, 0.6) is 0 Å². The van der Waals surface area contributed by atoms with Crippen LogP contribution in [0.1, 0.15) is 62.2 Å². The lowest BCUT2D eigenvalue weighted by Gasteiger charge is -2.29. The van der Waals surface area contributed by atoms with Crippen molar-refractivity contribution in [1.82, 2.24) is 0 Å². The van der Waals surface area contributed by atoms with Crippen molar-refractivity contribution in [2.24, 2.45) is 11.8 Å². The molecule has 1 aromatic rings. The molecule has 2 nitrogen and oxygen atoms in total. The lowest BCUT2D eigenvalue weighted by Crippen LogP contribution is -2.24. The molecule has 0 amide bonds. The normalized spacial score (nSPS) is 30.7. The molecule has 0 bridgehead atoms. The van der Waals surface area contributed by atoms with Crippen molar-refractivity contribution in [3.63, 3.8) is 0 Å². The van der Waals surface area contributed by atoms with Crippen molar-refractivity contribution in [1.29, 1.82) is 0 Å². The van der Waals surface area contributed by atoms with Crippen LogP contribution in [0.15, 0.2) is 30.9 Å². The highest BCUT2D eigenvalue weighted by molar-refractivity contribution is 5.67. The number of halogens is 2. The maximum Gasteiger partial charge on any atom is 0.166 e. The second kappa shape index (κ2) is 8.24. The molecule has 1 heterocycles. The Kier molecular flexibility index (Phi) is 5.74. The van der Waals surface area contributed by atoms with E-state index in [0.29, 0.717) is 35.7 Å². The van der Waals surface area contributed by atoms with E-state index in [0.717, 1.165) is 44.3 Å². The van der Waals surface area contributed by atoms with Crippen molar-refractivity contribution < 1.29 is 18.3 Å². The summed E-state index contributed by atoms with van der Waals surface area (Å²) in [6, 6.07) is 3.37. The highest BCUT2D eigenvalue weighted by atomic mass is 19.2. The van der Waals surface area contributed by atoms with Gasteiger partial charge in [-0.3, -0.25) is 0 Å². The van der Waals surface area contributed by atoms with E-state index in [9.17, 15) is 8.78 Å². The fourth-order valence-corrected chi connectivity index (χ4v) is 4.34. The molecule has 1 aliphatic heterocycles. The van der Waals surface area contributed by atoms with Crippen LogP contribution < -0.4 is 0 Å². The van der Waals surface area contributed by atoms with Crippen LogP contribution >= 0.6 is 0 Å². The van der Waals surface area contributed by atoms with E-state index in [2.05, 4.69) is 18.7 Å². The van der Waals surface area contributed by atoms with E-state index in [4.69, 9.17) is 9.47 Å². The first-order chi connectivity index (χ1) is 13.2. The van der Waals surface area contributed by atoms with Gasteiger partial charge in [-0.05, 0) is 62.4 Å². The van der Waals surface area contributed by atoms with Crippen molar-refractivity contribution in [3.8, 4) is 0 Å². The summed E-state index contributed by atoms with van der Waals surface area (Å²) >= 11 is 0. The van der Waals surface area contributed by atoms with Gasteiger partial charge in [-0.15, -0.1) is 6.58 Å². The number of rotatable bonds is 6. The third-order valence-electron chi connectivity index (χ3n) is 6.28. The summed E-state index contributed by atoms with van der Waals surface area (Å²) in [6.45, 7) is 5.13. The maximum absolute atomic E-state index is 14.5. The lowest BCUT2D eigenvalue weighted by molar-refractivity contribution is 0.00144. The summed E-state index contributed by atoms with van der Waals surface area (Å²) in [5.74, 6) is -0.365. The quantitative estimate of drug-likeness (QED) is 0.451. The van der Waals surface area contributed by atoms with Crippen molar-refractivity contribution in [2.45, 2.75) is 57.2 Å². The summed E-state index contributed by atoms with van der Waals surface area (Å²) in [6.07, 6.45) is 11.4. The van der Waals surface area contributed by atoms with Gasteiger partial charge in [0.15, 0.2) is 11.6 Å². The zero-order chi connectivity index (χ0) is 18.8. The number of benzene rings is 1. The Morgan fingerprint density at radius 1 is 1.11 bits per heavy atom. The second-order valence-electron chi connectivity index (χ2n) is 8.13. The van der Waals surface area contributed by atoms with Crippen LogP contribution in [0.2, 0.25) is 0 Å². The van der Waals surface area contributed by atoms with Crippen molar-refractivity contribution in [3.05, 3.63) is 53.6 Å². The van der Waals surface area contributed by atoms with Crippen LogP contribution in [0.25, 0.3) is 5.57 Å². The number of hydrogen-bond donors (Lipinski definition) is 0. The smallest absolute Gasteiger partial charge is 0.166 e. The minimum atomic E-state index is -0.753. The maximum atomic E-state index is 14.5. The molecular formula is C23H28F2O2. The van der Waals surface area contributed by atoms with Gasteiger partial charge in [-0.1, -0.05) is 24.3 Å². The zero-order valence-electron chi connectivity index (χ0n) is 15.8. The molecule has 2 unspecified atom stereocenters. The van der Waals surface area contributed by atoms with Gasteiger partial charge >= 0.3 is 0 Å². The molecule has 4 heteroatoms. The molecule has 0 aromatic heterocycles. The minimum Gasteiger partial charge on any atom is -0.378 e. The predicted molar refractivity (Wildman–Crippen MR) is 102 cm³/mol. The fraction of sp³-hybridized carbons (Fsp3) is 0.565. The van der Waals surface area contributed by atoms with E-state index in [-0.39, 0.29) is 6.10 Å².